The Labute approximate surface area is 159 Å². The molecule has 0 radical (unpaired) electrons. The zero-order valence-corrected chi connectivity index (χ0v) is 15.6. The molecule has 1 fully saturated rings. The number of hydrogen-bond acceptors (Lipinski definition) is 5. The molecule has 3 rings (SSSR count). The van der Waals surface area contributed by atoms with Crippen LogP contribution in [0.15, 0.2) is 48.5 Å². The number of para-hydroxylation sites is 1. The third-order valence-electron chi connectivity index (χ3n) is 4.58. The zero-order chi connectivity index (χ0) is 19.1. The quantitative estimate of drug-likeness (QED) is 0.811. The largest absolute Gasteiger partial charge is 0.493 e. The molecule has 6 heteroatoms. The van der Waals surface area contributed by atoms with Crippen molar-refractivity contribution >= 4 is 5.91 Å². The summed E-state index contributed by atoms with van der Waals surface area (Å²) in [7, 11) is 3.07. The van der Waals surface area contributed by atoms with Gasteiger partial charge in [0, 0.05) is 6.61 Å². The fourth-order valence-electron chi connectivity index (χ4n) is 3.13. The van der Waals surface area contributed by atoms with Crippen LogP contribution >= 0.6 is 0 Å². The highest BCUT2D eigenvalue weighted by Gasteiger charge is 2.29. The maximum absolute atomic E-state index is 12.8. The van der Waals surface area contributed by atoms with Crippen LogP contribution in [0.2, 0.25) is 0 Å². The number of rotatable bonds is 7. The van der Waals surface area contributed by atoms with Crippen LogP contribution in [0.3, 0.4) is 0 Å². The molecule has 2 atom stereocenters. The van der Waals surface area contributed by atoms with Crippen LogP contribution in [0.4, 0.5) is 0 Å². The Morgan fingerprint density at radius 2 is 1.93 bits per heavy atom. The van der Waals surface area contributed by atoms with Crippen LogP contribution in [0.5, 0.6) is 11.5 Å². The second-order valence-electron chi connectivity index (χ2n) is 6.32. The number of amides is 1. The van der Waals surface area contributed by atoms with Gasteiger partial charge in [0.15, 0.2) is 11.5 Å². The van der Waals surface area contributed by atoms with E-state index in [0.29, 0.717) is 43.3 Å². The summed E-state index contributed by atoms with van der Waals surface area (Å²) in [6, 6.07) is 15.1. The number of methoxy groups -OCH3 is 2. The van der Waals surface area contributed by atoms with E-state index in [2.05, 4.69) is 5.32 Å². The maximum atomic E-state index is 12.8. The lowest BCUT2D eigenvalue weighted by Crippen LogP contribution is -2.50. The van der Waals surface area contributed by atoms with E-state index in [1.165, 1.54) is 7.11 Å². The number of benzene rings is 2. The SMILES string of the molecule is COc1cccc(C(=O)NC2CCOCC2OCc2ccccc2)c1OC. The lowest BCUT2D eigenvalue weighted by Gasteiger charge is -2.32. The van der Waals surface area contributed by atoms with Crippen molar-refractivity contribution in [2.24, 2.45) is 0 Å². The summed E-state index contributed by atoms with van der Waals surface area (Å²) in [6.45, 7) is 1.52. The molecule has 144 valence electrons. The van der Waals surface area contributed by atoms with Crippen LogP contribution in [-0.2, 0) is 16.1 Å². The van der Waals surface area contributed by atoms with E-state index >= 15 is 0 Å². The van der Waals surface area contributed by atoms with Gasteiger partial charge in [0.2, 0.25) is 0 Å². The van der Waals surface area contributed by atoms with Crippen LogP contribution in [0.1, 0.15) is 22.3 Å². The van der Waals surface area contributed by atoms with Gasteiger partial charge in [-0.3, -0.25) is 4.79 Å². The highest BCUT2D eigenvalue weighted by atomic mass is 16.5. The predicted molar refractivity (Wildman–Crippen MR) is 101 cm³/mol. The van der Waals surface area contributed by atoms with Gasteiger partial charge in [-0.15, -0.1) is 0 Å². The molecule has 1 aliphatic heterocycles. The van der Waals surface area contributed by atoms with Crippen LogP contribution < -0.4 is 14.8 Å². The first-order chi connectivity index (χ1) is 13.2. The maximum Gasteiger partial charge on any atom is 0.255 e. The molecule has 0 saturated carbocycles. The Kier molecular flexibility index (Phi) is 6.68. The van der Waals surface area contributed by atoms with E-state index < -0.39 is 0 Å². The highest BCUT2D eigenvalue weighted by molar-refractivity contribution is 5.98. The third-order valence-corrected chi connectivity index (χ3v) is 4.58. The molecule has 0 aliphatic carbocycles. The number of carbonyl (C=O) groups excluding carboxylic acids is 1. The van der Waals surface area contributed by atoms with Crippen molar-refractivity contribution < 1.29 is 23.7 Å². The van der Waals surface area contributed by atoms with Crippen molar-refractivity contribution in [1.29, 1.82) is 0 Å². The van der Waals surface area contributed by atoms with Gasteiger partial charge in [0.25, 0.3) is 5.91 Å². The average Bonchev–Trinajstić information content (AvgIpc) is 2.73. The summed E-state index contributed by atoms with van der Waals surface area (Å²) in [5.41, 5.74) is 1.52. The first kappa shape index (κ1) is 19.2. The minimum Gasteiger partial charge on any atom is -0.493 e. The van der Waals surface area contributed by atoms with Crippen molar-refractivity contribution in [3.63, 3.8) is 0 Å². The third kappa shape index (κ3) is 4.78. The van der Waals surface area contributed by atoms with Crippen LogP contribution in [0, 0.1) is 0 Å². The number of carbonyl (C=O) groups is 1. The molecule has 2 aromatic carbocycles. The standard InChI is InChI=1S/C21H25NO5/c1-24-18-10-6-9-16(20(18)25-2)21(23)22-17-11-12-26-14-19(17)27-13-15-7-4-3-5-8-15/h3-10,17,19H,11-14H2,1-2H3,(H,22,23). The molecule has 1 amide bonds. The minimum atomic E-state index is -0.217. The first-order valence-electron chi connectivity index (χ1n) is 8.98. The van der Waals surface area contributed by atoms with E-state index in [0.717, 1.165) is 5.56 Å². The fraction of sp³-hybridized carbons (Fsp3) is 0.381. The van der Waals surface area contributed by atoms with E-state index in [9.17, 15) is 4.79 Å². The molecule has 2 aromatic rings. The minimum absolute atomic E-state index is 0.133. The molecule has 1 aliphatic rings. The van der Waals surface area contributed by atoms with Crippen molar-refractivity contribution in [3.05, 3.63) is 59.7 Å². The van der Waals surface area contributed by atoms with Gasteiger partial charge in [0.1, 0.15) is 6.10 Å². The Balaban J connectivity index is 1.68. The predicted octanol–water partition coefficient (Wildman–Crippen LogP) is 2.81. The number of ether oxygens (including phenoxy) is 4. The molecule has 0 spiro atoms. The number of hydrogen-bond donors (Lipinski definition) is 1. The summed E-state index contributed by atoms with van der Waals surface area (Å²) in [5, 5.41) is 3.07. The molecule has 6 nitrogen and oxygen atoms in total. The van der Waals surface area contributed by atoms with Gasteiger partial charge in [-0.2, -0.15) is 0 Å². The molecule has 0 bridgehead atoms. The first-order valence-corrected chi connectivity index (χ1v) is 8.98. The van der Waals surface area contributed by atoms with E-state index in [1.807, 2.05) is 30.3 Å². The lowest BCUT2D eigenvalue weighted by molar-refractivity contribution is -0.0736. The van der Waals surface area contributed by atoms with Gasteiger partial charge in [-0.25, -0.2) is 0 Å². The normalized spacial score (nSPS) is 19.3. The van der Waals surface area contributed by atoms with Crippen molar-refractivity contribution in [1.82, 2.24) is 5.32 Å². The number of nitrogens with one attached hydrogen (secondary N) is 1. The lowest BCUT2D eigenvalue weighted by atomic mass is 10.0. The van der Waals surface area contributed by atoms with Gasteiger partial charge in [-0.05, 0) is 24.1 Å². The van der Waals surface area contributed by atoms with Gasteiger partial charge in [0.05, 0.1) is 39.0 Å². The Bertz CT molecular complexity index is 749. The smallest absolute Gasteiger partial charge is 0.255 e. The van der Waals surface area contributed by atoms with E-state index in [1.54, 1.807) is 25.3 Å². The monoisotopic (exact) mass is 371 g/mol. The molecule has 1 saturated heterocycles. The molecule has 2 unspecified atom stereocenters. The summed E-state index contributed by atoms with van der Waals surface area (Å²) < 4.78 is 22.2. The fourth-order valence-corrected chi connectivity index (χ4v) is 3.13. The van der Waals surface area contributed by atoms with Crippen LogP contribution in [-0.4, -0.2) is 45.5 Å². The summed E-state index contributed by atoms with van der Waals surface area (Å²) >= 11 is 0. The Morgan fingerprint density at radius 3 is 2.67 bits per heavy atom. The van der Waals surface area contributed by atoms with Gasteiger partial charge < -0.3 is 24.3 Å². The summed E-state index contributed by atoms with van der Waals surface area (Å²) in [4.78, 5) is 12.8. The Hall–Kier alpha value is -2.57. The Morgan fingerprint density at radius 1 is 1.11 bits per heavy atom. The van der Waals surface area contributed by atoms with E-state index in [-0.39, 0.29) is 18.1 Å². The topological polar surface area (TPSA) is 66.0 Å². The van der Waals surface area contributed by atoms with Gasteiger partial charge in [-0.1, -0.05) is 36.4 Å². The molecule has 1 heterocycles. The molecule has 27 heavy (non-hydrogen) atoms. The molecule has 1 N–H and O–H groups in total. The summed E-state index contributed by atoms with van der Waals surface area (Å²) in [6.07, 6.45) is 0.483. The van der Waals surface area contributed by atoms with Gasteiger partial charge >= 0.3 is 0 Å². The second kappa shape index (κ2) is 9.39. The van der Waals surface area contributed by atoms with Crippen LogP contribution in [0.25, 0.3) is 0 Å². The zero-order valence-electron chi connectivity index (χ0n) is 15.6. The molecular formula is C21H25NO5. The highest BCUT2D eigenvalue weighted by Crippen LogP contribution is 2.30. The molecule has 0 aromatic heterocycles. The van der Waals surface area contributed by atoms with Crippen molar-refractivity contribution in [3.8, 4) is 11.5 Å². The second-order valence-corrected chi connectivity index (χ2v) is 6.32. The molecular weight excluding hydrogens is 346 g/mol. The van der Waals surface area contributed by atoms with E-state index in [4.69, 9.17) is 18.9 Å². The van der Waals surface area contributed by atoms with Crippen molar-refractivity contribution in [2.75, 3.05) is 27.4 Å². The average molecular weight is 371 g/mol. The van der Waals surface area contributed by atoms with Crippen molar-refractivity contribution in [2.45, 2.75) is 25.2 Å². The summed E-state index contributed by atoms with van der Waals surface area (Å²) in [5.74, 6) is 0.728.